The molecule has 10 heteroatoms. The second kappa shape index (κ2) is 10.2. The van der Waals surface area contributed by atoms with Gasteiger partial charge in [0.1, 0.15) is 18.0 Å². The number of aromatic nitrogens is 2. The van der Waals surface area contributed by atoms with Crippen LogP contribution in [0.3, 0.4) is 0 Å². The second-order valence-corrected chi connectivity index (χ2v) is 11.1. The first kappa shape index (κ1) is 26.2. The molecule has 208 valence electrons. The number of hydrogen-bond acceptors (Lipinski definition) is 9. The Morgan fingerprint density at radius 2 is 1.88 bits per heavy atom. The normalized spacial score (nSPS) is 19.6. The lowest BCUT2D eigenvalue weighted by Crippen LogP contribution is -2.35. The summed E-state index contributed by atoms with van der Waals surface area (Å²) in [6.07, 6.45) is 3.30. The Morgan fingerprint density at radius 1 is 1.10 bits per heavy atom. The summed E-state index contributed by atoms with van der Waals surface area (Å²) in [6, 6.07) is 15.0. The number of aliphatic hydroxyl groups is 1. The quantitative estimate of drug-likeness (QED) is 0.410. The Labute approximate surface area is 233 Å². The van der Waals surface area contributed by atoms with Crippen molar-refractivity contribution in [3.63, 3.8) is 0 Å². The molecule has 6 rings (SSSR count). The molecule has 1 atom stereocenters. The molecule has 0 unspecified atom stereocenters. The number of amides is 1. The smallest absolute Gasteiger partial charge is 0.254 e. The summed E-state index contributed by atoms with van der Waals surface area (Å²) in [5, 5.41) is 16.9. The third kappa shape index (κ3) is 4.67. The van der Waals surface area contributed by atoms with E-state index in [4.69, 9.17) is 19.5 Å². The van der Waals surface area contributed by atoms with Gasteiger partial charge in [-0.1, -0.05) is 30.3 Å². The van der Waals surface area contributed by atoms with Gasteiger partial charge in [0.2, 0.25) is 11.8 Å². The van der Waals surface area contributed by atoms with Gasteiger partial charge in [0, 0.05) is 37.7 Å². The standard InChI is InChI=1S/C30H34N6O4/c1-29(2)23-15-20(9-10-21(23)27(38)36(29)3)32-28-31-16-22(26-35-30(18-40-26)11-13-39-14-12-30)25(34-28)33-24(17-37)19-7-5-4-6-8-19/h4-10,15-16,24,37H,11-14,17-18H2,1-3H3,(H2,31,32,33,34)/t24-/m1/s1. The number of carbonyl (C=O) groups is 1. The fourth-order valence-corrected chi connectivity index (χ4v) is 5.48. The van der Waals surface area contributed by atoms with Gasteiger partial charge < -0.3 is 30.1 Å². The van der Waals surface area contributed by atoms with Crippen molar-refractivity contribution in [2.45, 2.75) is 43.8 Å². The van der Waals surface area contributed by atoms with Crippen molar-refractivity contribution in [1.82, 2.24) is 14.9 Å². The molecule has 3 aliphatic rings. The maximum atomic E-state index is 12.7. The second-order valence-electron chi connectivity index (χ2n) is 11.1. The largest absolute Gasteiger partial charge is 0.475 e. The highest BCUT2D eigenvalue weighted by molar-refractivity contribution is 6.01. The van der Waals surface area contributed by atoms with Gasteiger partial charge in [-0.3, -0.25) is 4.79 Å². The van der Waals surface area contributed by atoms with Crippen LogP contribution in [0.25, 0.3) is 0 Å². The fourth-order valence-electron chi connectivity index (χ4n) is 5.48. The number of anilines is 3. The van der Waals surface area contributed by atoms with Crippen molar-refractivity contribution in [3.05, 3.63) is 77.0 Å². The van der Waals surface area contributed by atoms with Crippen molar-refractivity contribution >= 4 is 29.3 Å². The third-order valence-corrected chi connectivity index (χ3v) is 8.26. The molecular weight excluding hydrogens is 508 g/mol. The minimum Gasteiger partial charge on any atom is -0.475 e. The molecule has 0 radical (unpaired) electrons. The summed E-state index contributed by atoms with van der Waals surface area (Å²) in [5.74, 6) is 1.36. The van der Waals surface area contributed by atoms with Gasteiger partial charge in [-0.15, -0.1) is 0 Å². The van der Waals surface area contributed by atoms with E-state index in [0.29, 0.717) is 48.6 Å². The van der Waals surface area contributed by atoms with Crippen LogP contribution in [0, 0.1) is 0 Å². The van der Waals surface area contributed by atoms with Crippen LogP contribution in [-0.4, -0.2) is 70.8 Å². The number of nitrogens with one attached hydrogen (secondary N) is 2. The van der Waals surface area contributed by atoms with Gasteiger partial charge >= 0.3 is 0 Å². The molecule has 1 amide bonds. The Bertz CT molecular complexity index is 1450. The van der Waals surface area contributed by atoms with Crippen LogP contribution >= 0.6 is 0 Å². The van der Waals surface area contributed by atoms with Crippen molar-refractivity contribution in [1.29, 1.82) is 0 Å². The first-order chi connectivity index (χ1) is 19.3. The predicted octanol–water partition coefficient (Wildman–Crippen LogP) is 4.01. The average Bonchev–Trinajstić information content (AvgIpc) is 3.45. The SMILES string of the molecule is CN1C(=O)c2ccc(Nc3ncc(C4=NC5(CCOCC5)CO4)c(N[C@H](CO)c4ccccc4)n3)cc2C1(C)C. The molecule has 0 bridgehead atoms. The molecule has 1 spiro atoms. The lowest BCUT2D eigenvalue weighted by Gasteiger charge is -2.28. The first-order valence-electron chi connectivity index (χ1n) is 13.6. The van der Waals surface area contributed by atoms with Crippen molar-refractivity contribution in [2.24, 2.45) is 4.99 Å². The van der Waals surface area contributed by atoms with Gasteiger partial charge in [0.05, 0.1) is 23.8 Å². The van der Waals surface area contributed by atoms with E-state index in [1.54, 1.807) is 11.1 Å². The zero-order valence-corrected chi connectivity index (χ0v) is 23.0. The molecular formula is C30H34N6O4. The van der Waals surface area contributed by atoms with E-state index in [2.05, 4.69) is 15.6 Å². The van der Waals surface area contributed by atoms with Crippen LogP contribution in [0.1, 0.15) is 59.8 Å². The number of nitrogens with zero attached hydrogens (tertiary/aromatic N) is 4. The highest BCUT2D eigenvalue weighted by atomic mass is 16.5. The Hall–Kier alpha value is -4.02. The zero-order valence-electron chi connectivity index (χ0n) is 23.0. The number of aliphatic hydroxyl groups excluding tert-OH is 1. The van der Waals surface area contributed by atoms with Gasteiger partial charge in [-0.05, 0) is 56.0 Å². The first-order valence-corrected chi connectivity index (χ1v) is 13.6. The Balaban J connectivity index is 1.34. The van der Waals surface area contributed by atoms with Crippen LogP contribution in [-0.2, 0) is 15.0 Å². The third-order valence-electron chi connectivity index (χ3n) is 8.26. The monoisotopic (exact) mass is 542 g/mol. The fraction of sp³-hybridized carbons (Fsp3) is 0.400. The van der Waals surface area contributed by atoms with Crippen molar-refractivity contribution in [2.75, 3.05) is 44.1 Å². The number of rotatable bonds is 7. The number of benzene rings is 2. The molecule has 3 aliphatic heterocycles. The van der Waals surface area contributed by atoms with Crippen molar-refractivity contribution < 1.29 is 19.4 Å². The van der Waals surface area contributed by atoms with E-state index in [-0.39, 0.29) is 18.1 Å². The molecule has 1 aromatic heterocycles. The van der Waals surface area contributed by atoms with Crippen molar-refractivity contribution in [3.8, 4) is 0 Å². The molecule has 0 aliphatic carbocycles. The Morgan fingerprint density at radius 3 is 2.62 bits per heavy atom. The van der Waals surface area contributed by atoms with E-state index in [9.17, 15) is 9.90 Å². The summed E-state index contributed by atoms with van der Waals surface area (Å²) in [5.41, 5.74) is 3.25. The molecule has 4 heterocycles. The lowest BCUT2D eigenvalue weighted by molar-refractivity contribution is 0.0442. The molecule has 10 nitrogen and oxygen atoms in total. The molecule has 3 N–H and O–H groups in total. The van der Waals surface area contributed by atoms with Crippen LogP contribution in [0.4, 0.5) is 17.5 Å². The number of ether oxygens (including phenoxy) is 2. The van der Waals surface area contributed by atoms with E-state index < -0.39 is 11.6 Å². The Kier molecular flexibility index (Phi) is 6.67. The number of fused-ring (bicyclic) bond motifs is 1. The topological polar surface area (TPSA) is 121 Å². The molecule has 1 fully saturated rings. The van der Waals surface area contributed by atoms with Gasteiger partial charge in [-0.2, -0.15) is 4.98 Å². The maximum Gasteiger partial charge on any atom is 0.254 e. The zero-order chi connectivity index (χ0) is 27.9. The molecule has 2 aromatic carbocycles. The summed E-state index contributed by atoms with van der Waals surface area (Å²) in [6.45, 7) is 5.73. The molecule has 3 aromatic rings. The molecule has 40 heavy (non-hydrogen) atoms. The number of hydrogen-bond donors (Lipinski definition) is 3. The summed E-state index contributed by atoms with van der Waals surface area (Å²) < 4.78 is 11.6. The van der Waals surface area contributed by atoms with Crippen LogP contribution in [0.2, 0.25) is 0 Å². The minimum atomic E-state index is -0.427. The van der Waals surface area contributed by atoms with E-state index in [1.165, 1.54) is 0 Å². The molecule has 1 saturated heterocycles. The van der Waals surface area contributed by atoms with E-state index in [0.717, 1.165) is 29.7 Å². The minimum absolute atomic E-state index is 0.00855. The van der Waals surface area contributed by atoms with Gasteiger partial charge in [0.15, 0.2) is 0 Å². The maximum absolute atomic E-state index is 12.7. The van der Waals surface area contributed by atoms with Gasteiger partial charge in [0.25, 0.3) is 5.91 Å². The van der Waals surface area contributed by atoms with E-state index >= 15 is 0 Å². The van der Waals surface area contributed by atoms with Crippen LogP contribution in [0.5, 0.6) is 0 Å². The predicted molar refractivity (Wildman–Crippen MR) is 152 cm³/mol. The molecule has 0 saturated carbocycles. The summed E-state index contributed by atoms with van der Waals surface area (Å²) in [7, 11) is 1.82. The van der Waals surface area contributed by atoms with Gasteiger partial charge in [-0.25, -0.2) is 9.98 Å². The highest BCUT2D eigenvalue weighted by Gasteiger charge is 2.41. The summed E-state index contributed by atoms with van der Waals surface area (Å²) >= 11 is 0. The summed E-state index contributed by atoms with van der Waals surface area (Å²) in [4.78, 5) is 28.8. The number of carbonyl (C=O) groups excluding carboxylic acids is 1. The highest BCUT2D eigenvalue weighted by Crippen LogP contribution is 2.39. The van der Waals surface area contributed by atoms with Crippen LogP contribution < -0.4 is 10.6 Å². The number of aliphatic imine (C=N–C) groups is 1. The average molecular weight is 543 g/mol. The van der Waals surface area contributed by atoms with Crippen LogP contribution in [0.15, 0.2) is 59.7 Å². The van der Waals surface area contributed by atoms with E-state index in [1.807, 2.05) is 69.4 Å². The lowest BCUT2D eigenvalue weighted by atomic mass is 9.92.